The molecule has 0 saturated heterocycles. The van der Waals surface area contributed by atoms with Crippen LogP contribution in [0.1, 0.15) is 53.5 Å². The average molecular weight is 348 g/mol. The molecule has 24 heavy (non-hydrogen) atoms. The molecule has 1 amide bonds. The van der Waals surface area contributed by atoms with Crippen molar-refractivity contribution < 1.29 is 9.53 Å². The van der Waals surface area contributed by atoms with Crippen molar-refractivity contribution in [3.05, 3.63) is 45.7 Å². The third-order valence-corrected chi connectivity index (χ3v) is 4.81. The molecule has 1 atom stereocenters. The number of hydrogen-bond acceptors (Lipinski definition) is 3. The van der Waals surface area contributed by atoms with E-state index in [2.05, 4.69) is 16.5 Å². The molecule has 0 unspecified atom stereocenters. The molecule has 0 radical (unpaired) electrons. The Hall–Kier alpha value is -2.01. The Bertz CT molecular complexity index is 770. The lowest BCUT2D eigenvalue weighted by atomic mass is 10.1. The highest BCUT2D eigenvalue weighted by Gasteiger charge is 2.29. The van der Waals surface area contributed by atoms with Gasteiger partial charge in [-0.3, -0.25) is 9.48 Å². The van der Waals surface area contributed by atoms with Gasteiger partial charge in [-0.2, -0.15) is 5.10 Å². The van der Waals surface area contributed by atoms with E-state index in [9.17, 15) is 4.79 Å². The summed E-state index contributed by atoms with van der Waals surface area (Å²) >= 11 is 6.30. The average Bonchev–Trinajstić information content (AvgIpc) is 3.09. The second kappa shape index (κ2) is 6.85. The van der Waals surface area contributed by atoms with Crippen LogP contribution < -0.4 is 10.1 Å². The van der Waals surface area contributed by atoms with Crippen LogP contribution in [-0.2, 0) is 13.0 Å². The van der Waals surface area contributed by atoms with Crippen LogP contribution >= 0.6 is 11.6 Å². The van der Waals surface area contributed by atoms with Crippen molar-refractivity contribution in [3.8, 4) is 5.75 Å². The first-order valence-corrected chi connectivity index (χ1v) is 8.72. The Kier molecular flexibility index (Phi) is 4.81. The van der Waals surface area contributed by atoms with Crippen LogP contribution in [0, 0.1) is 6.92 Å². The zero-order valence-corrected chi connectivity index (χ0v) is 15.0. The molecule has 128 valence electrons. The Morgan fingerprint density at radius 2 is 2.25 bits per heavy atom. The first-order chi connectivity index (χ1) is 11.6. The summed E-state index contributed by atoms with van der Waals surface area (Å²) in [7, 11) is 0. The summed E-state index contributed by atoms with van der Waals surface area (Å²) in [6.07, 6.45) is 1.77. The number of benzene rings is 1. The predicted octanol–water partition coefficient (Wildman–Crippen LogP) is 3.68. The fourth-order valence-electron chi connectivity index (χ4n) is 3.31. The second-order valence-electron chi connectivity index (χ2n) is 5.89. The first-order valence-electron chi connectivity index (χ1n) is 8.35. The number of carbonyl (C=O) groups is 1. The summed E-state index contributed by atoms with van der Waals surface area (Å²) in [5.41, 5.74) is 3.44. The largest absolute Gasteiger partial charge is 0.494 e. The lowest BCUT2D eigenvalue weighted by Gasteiger charge is -2.15. The summed E-state index contributed by atoms with van der Waals surface area (Å²) in [4.78, 5) is 12.7. The van der Waals surface area contributed by atoms with Crippen LogP contribution in [0.25, 0.3) is 0 Å². The lowest BCUT2D eigenvalue weighted by molar-refractivity contribution is 0.0936. The molecule has 1 aromatic heterocycles. The van der Waals surface area contributed by atoms with Crippen molar-refractivity contribution in [1.29, 1.82) is 0 Å². The molecule has 1 aliphatic carbocycles. The number of halogens is 1. The van der Waals surface area contributed by atoms with E-state index >= 15 is 0 Å². The van der Waals surface area contributed by atoms with E-state index < -0.39 is 0 Å². The van der Waals surface area contributed by atoms with E-state index in [1.807, 2.05) is 32.9 Å². The summed E-state index contributed by atoms with van der Waals surface area (Å²) in [6.45, 7) is 7.00. The summed E-state index contributed by atoms with van der Waals surface area (Å²) < 4.78 is 7.34. The summed E-state index contributed by atoms with van der Waals surface area (Å²) in [5.74, 6) is 0.747. The number of aryl methyl sites for hydroxylation is 2. The van der Waals surface area contributed by atoms with Gasteiger partial charge in [-0.05, 0) is 50.8 Å². The van der Waals surface area contributed by atoms with E-state index in [1.54, 1.807) is 4.68 Å². The van der Waals surface area contributed by atoms with Gasteiger partial charge in [0, 0.05) is 6.54 Å². The molecule has 2 aromatic rings. The van der Waals surface area contributed by atoms with E-state index in [-0.39, 0.29) is 11.9 Å². The third kappa shape index (κ3) is 2.88. The first kappa shape index (κ1) is 16.8. The van der Waals surface area contributed by atoms with E-state index in [0.717, 1.165) is 24.2 Å². The topological polar surface area (TPSA) is 56.1 Å². The number of fused-ring (bicyclic) bond motifs is 1. The van der Waals surface area contributed by atoms with E-state index in [4.69, 9.17) is 16.3 Å². The van der Waals surface area contributed by atoms with Crippen LogP contribution in [-0.4, -0.2) is 22.3 Å². The number of ether oxygens (including phenoxy) is 1. The second-order valence-corrected chi connectivity index (χ2v) is 6.25. The quantitative estimate of drug-likeness (QED) is 0.897. The molecule has 1 aliphatic rings. The number of nitrogens with zero attached hydrogens (tertiary/aromatic N) is 2. The third-order valence-electron chi connectivity index (χ3n) is 4.42. The molecule has 0 fully saturated rings. The number of carbonyl (C=O) groups excluding carboxylic acids is 1. The van der Waals surface area contributed by atoms with Crippen molar-refractivity contribution >= 4 is 17.5 Å². The van der Waals surface area contributed by atoms with Crippen molar-refractivity contribution in [1.82, 2.24) is 15.1 Å². The molecule has 0 spiro atoms. The van der Waals surface area contributed by atoms with Crippen LogP contribution in [0.4, 0.5) is 0 Å². The molecular formula is C18H22ClN3O2. The van der Waals surface area contributed by atoms with Gasteiger partial charge in [0.25, 0.3) is 5.91 Å². The fourth-order valence-corrected chi connectivity index (χ4v) is 3.69. The minimum atomic E-state index is -0.170. The minimum absolute atomic E-state index is 0.0200. The van der Waals surface area contributed by atoms with Gasteiger partial charge in [-0.25, -0.2) is 0 Å². The molecule has 6 heteroatoms. The molecule has 1 aromatic carbocycles. The summed E-state index contributed by atoms with van der Waals surface area (Å²) in [5, 5.41) is 7.82. The van der Waals surface area contributed by atoms with Gasteiger partial charge in [0.1, 0.15) is 10.9 Å². The SMILES string of the molecule is CCOc1cccc2c1CC[C@H]2NC(=O)c1c(C)nn(CC)c1Cl. The van der Waals surface area contributed by atoms with Crippen molar-refractivity contribution in [3.63, 3.8) is 0 Å². The highest BCUT2D eigenvalue weighted by Crippen LogP contribution is 2.37. The highest BCUT2D eigenvalue weighted by atomic mass is 35.5. The lowest BCUT2D eigenvalue weighted by Crippen LogP contribution is -2.27. The normalized spacial score (nSPS) is 16.1. The maximum absolute atomic E-state index is 12.7. The van der Waals surface area contributed by atoms with Crippen LogP contribution in [0.5, 0.6) is 5.75 Å². The van der Waals surface area contributed by atoms with Gasteiger partial charge in [0.15, 0.2) is 0 Å². The number of rotatable bonds is 5. The molecule has 3 rings (SSSR count). The van der Waals surface area contributed by atoms with E-state index in [0.29, 0.717) is 29.6 Å². The molecule has 1 heterocycles. The molecule has 0 saturated carbocycles. The van der Waals surface area contributed by atoms with Crippen molar-refractivity contribution in [2.75, 3.05) is 6.61 Å². The number of amides is 1. The van der Waals surface area contributed by atoms with Crippen molar-refractivity contribution in [2.45, 2.75) is 46.2 Å². The highest BCUT2D eigenvalue weighted by molar-refractivity contribution is 6.33. The minimum Gasteiger partial charge on any atom is -0.494 e. The van der Waals surface area contributed by atoms with Gasteiger partial charge in [-0.1, -0.05) is 23.7 Å². The van der Waals surface area contributed by atoms with Gasteiger partial charge in [-0.15, -0.1) is 0 Å². The van der Waals surface area contributed by atoms with Crippen LogP contribution in [0.15, 0.2) is 18.2 Å². The van der Waals surface area contributed by atoms with Crippen LogP contribution in [0.3, 0.4) is 0 Å². The molecule has 1 N–H and O–H groups in total. The zero-order valence-electron chi connectivity index (χ0n) is 14.2. The van der Waals surface area contributed by atoms with E-state index in [1.165, 1.54) is 5.56 Å². The van der Waals surface area contributed by atoms with Crippen LogP contribution in [0.2, 0.25) is 5.15 Å². The standard InChI is InChI=1S/C18H22ClN3O2/c1-4-22-17(19)16(11(3)21-22)18(23)20-14-10-9-13-12(14)7-6-8-15(13)24-5-2/h6-8,14H,4-5,9-10H2,1-3H3,(H,20,23)/t14-/m1/s1. The maximum atomic E-state index is 12.7. The predicted molar refractivity (Wildman–Crippen MR) is 93.8 cm³/mol. The fraction of sp³-hybridized carbons (Fsp3) is 0.444. The maximum Gasteiger partial charge on any atom is 0.256 e. The number of aromatic nitrogens is 2. The molecule has 0 bridgehead atoms. The smallest absolute Gasteiger partial charge is 0.256 e. The monoisotopic (exact) mass is 347 g/mol. The number of hydrogen-bond donors (Lipinski definition) is 1. The molecule has 0 aliphatic heterocycles. The van der Waals surface area contributed by atoms with Gasteiger partial charge in [0.2, 0.25) is 0 Å². The molecule has 5 nitrogen and oxygen atoms in total. The zero-order chi connectivity index (χ0) is 17.3. The van der Waals surface area contributed by atoms with Gasteiger partial charge < -0.3 is 10.1 Å². The van der Waals surface area contributed by atoms with Crippen molar-refractivity contribution in [2.24, 2.45) is 0 Å². The summed E-state index contributed by atoms with van der Waals surface area (Å²) in [6, 6.07) is 5.99. The molecular weight excluding hydrogens is 326 g/mol. The Morgan fingerprint density at radius 1 is 1.46 bits per heavy atom. The Balaban J connectivity index is 1.83. The Morgan fingerprint density at radius 3 is 2.92 bits per heavy atom. The number of nitrogens with one attached hydrogen (secondary N) is 1. The van der Waals surface area contributed by atoms with Gasteiger partial charge >= 0.3 is 0 Å². The van der Waals surface area contributed by atoms with Gasteiger partial charge in [0.05, 0.1) is 23.9 Å². The Labute approximate surface area is 147 Å².